The number of rotatable bonds is 1. The molecule has 0 aromatic heterocycles. The van der Waals surface area contributed by atoms with E-state index in [4.69, 9.17) is 10.4 Å². The topological polar surface area (TPSA) is 61.1 Å². The van der Waals surface area contributed by atoms with E-state index in [1.54, 1.807) is 0 Å². The SMILES string of the molecule is N#Cc1c(C(=O)O)ccc(F)c1F. The summed E-state index contributed by atoms with van der Waals surface area (Å²) in [5, 5.41) is 16.8. The monoisotopic (exact) mass is 183 g/mol. The smallest absolute Gasteiger partial charge is 0.337 e. The van der Waals surface area contributed by atoms with Crippen LogP contribution in [-0.4, -0.2) is 11.1 Å². The van der Waals surface area contributed by atoms with Crippen molar-refractivity contribution in [3.05, 3.63) is 34.9 Å². The molecule has 5 heteroatoms. The minimum absolute atomic E-state index is 0.540. The van der Waals surface area contributed by atoms with E-state index in [-0.39, 0.29) is 0 Å². The molecule has 0 amide bonds. The maximum absolute atomic E-state index is 12.8. The molecule has 0 radical (unpaired) electrons. The Labute approximate surface area is 71.8 Å². The quantitative estimate of drug-likeness (QED) is 0.718. The summed E-state index contributed by atoms with van der Waals surface area (Å²) >= 11 is 0. The third kappa shape index (κ3) is 1.47. The standard InChI is InChI=1S/C8H3F2NO2/c9-6-2-1-4(8(12)13)5(3-11)7(6)10/h1-2H,(H,12,13). The lowest BCUT2D eigenvalue weighted by atomic mass is 10.1. The molecule has 0 heterocycles. The molecule has 0 aliphatic rings. The first-order valence-electron chi connectivity index (χ1n) is 3.19. The number of hydrogen-bond donors (Lipinski definition) is 1. The van der Waals surface area contributed by atoms with Gasteiger partial charge in [0.1, 0.15) is 11.6 Å². The van der Waals surface area contributed by atoms with E-state index in [0.717, 1.165) is 6.07 Å². The second-order valence-electron chi connectivity index (χ2n) is 2.20. The van der Waals surface area contributed by atoms with Crippen LogP contribution in [0, 0.1) is 23.0 Å². The van der Waals surface area contributed by atoms with Gasteiger partial charge in [0.2, 0.25) is 0 Å². The fourth-order valence-electron chi connectivity index (χ4n) is 0.838. The number of carboxylic acids is 1. The van der Waals surface area contributed by atoms with Crippen molar-refractivity contribution in [1.29, 1.82) is 5.26 Å². The number of nitrogens with zero attached hydrogens (tertiary/aromatic N) is 1. The van der Waals surface area contributed by atoms with Gasteiger partial charge in [0, 0.05) is 0 Å². The average Bonchev–Trinajstić information content (AvgIpc) is 2.09. The van der Waals surface area contributed by atoms with E-state index in [1.165, 1.54) is 6.07 Å². The van der Waals surface area contributed by atoms with Crippen molar-refractivity contribution < 1.29 is 18.7 Å². The first kappa shape index (κ1) is 9.13. The summed E-state index contributed by atoms with van der Waals surface area (Å²) in [6, 6.07) is 2.80. The minimum Gasteiger partial charge on any atom is -0.478 e. The van der Waals surface area contributed by atoms with Gasteiger partial charge in [-0.05, 0) is 12.1 Å². The Morgan fingerprint density at radius 3 is 2.54 bits per heavy atom. The minimum atomic E-state index is -1.46. The number of benzene rings is 1. The molecule has 0 aliphatic heterocycles. The van der Waals surface area contributed by atoms with Gasteiger partial charge >= 0.3 is 5.97 Å². The van der Waals surface area contributed by atoms with Gasteiger partial charge in [0.25, 0.3) is 0 Å². The highest BCUT2D eigenvalue weighted by atomic mass is 19.2. The molecule has 3 nitrogen and oxygen atoms in total. The molecule has 13 heavy (non-hydrogen) atoms. The third-order valence-corrected chi connectivity index (χ3v) is 1.44. The Hall–Kier alpha value is -1.96. The lowest BCUT2D eigenvalue weighted by Gasteiger charge is -1.99. The molecule has 0 bridgehead atoms. The number of halogens is 2. The van der Waals surface area contributed by atoms with Gasteiger partial charge in [-0.3, -0.25) is 0 Å². The zero-order valence-corrected chi connectivity index (χ0v) is 6.21. The summed E-state index contributed by atoms with van der Waals surface area (Å²) in [6.07, 6.45) is 0. The number of carbonyl (C=O) groups is 1. The van der Waals surface area contributed by atoms with Crippen LogP contribution in [0.3, 0.4) is 0 Å². The predicted octanol–water partition coefficient (Wildman–Crippen LogP) is 1.53. The Morgan fingerprint density at radius 1 is 1.46 bits per heavy atom. The van der Waals surface area contributed by atoms with Crippen LogP contribution < -0.4 is 0 Å². The van der Waals surface area contributed by atoms with Crippen LogP contribution >= 0.6 is 0 Å². The molecule has 0 atom stereocenters. The van der Waals surface area contributed by atoms with Crippen molar-refractivity contribution in [3.63, 3.8) is 0 Å². The highest BCUT2D eigenvalue weighted by molar-refractivity contribution is 5.90. The molecular weight excluding hydrogens is 180 g/mol. The third-order valence-electron chi connectivity index (χ3n) is 1.44. The average molecular weight is 183 g/mol. The fourth-order valence-corrected chi connectivity index (χ4v) is 0.838. The van der Waals surface area contributed by atoms with Crippen LogP contribution in [0.5, 0.6) is 0 Å². The molecule has 0 fully saturated rings. The van der Waals surface area contributed by atoms with Crippen LogP contribution in [0.25, 0.3) is 0 Å². The zero-order valence-electron chi connectivity index (χ0n) is 6.21. The second kappa shape index (κ2) is 3.19. The molecule has 1 aromatic rings. The van der Waals surface area contributed by atoms with Crippen molar-refractivity contribution in [2.75, 3.05) is 0 Å². The van der Waals surface area contributed by atoms with Crippen molar-refractivity contribution >= 4 is 5.97 Å². The Morgan fingerprint density at radius 2 is 2.08 bits per heavy atom. The van der Waals surface area contributed by atoms with E-state index in [9.17, 15) is 13.6 Å². The van der Waals surface area contributed by atoms with Crippen LogP contribution in [0.1, 0.15) is 15.9 Å². The van der Waals surface area contributed by atoms with E-state index >= 15 is 0 Å². The summed E-state index contributed by atoms with van der Waals surface area (Å²) in [5.74, 6) is -4.13. The van der Waals surface area contributed by atoms with Gasteiger partial charge in [-0.25, -0.2) is 13.6 Å². The summed E-state index contributed by atoms with van der Waals surface area (Å²) in [5.41, 5.74) is -1.33. The number of nitriles is 1. The lowest BCUT2D eigenvalue weighted by molar-refractivity contribution is 0.0696. The second-order valence-corrected chi connectivity index (χ2v) is 2.20. The first-order valence-corrected chi connectivity index (χ1v) is 3.19. The van der Waals surface area contributed by atoms with Gasteiger partial charge in [0.15, 0.2) is 11.6 Å². The lowest BCUT2D eigenvalue weighted by Crippen LogP contribution is -2.03. The largest absolute Gasteiger partial charge is 0.478 e. The maximum atomic E-state index is 12.8. The molecule has 0 unspecified atom stereocenters. The first-order chi connectivity index (χ1) is 6.07. The van der Waals surface area contributed by atoms with Gasteiger partial charge in [-0.2, -0.15) is 5.26 Å². The van der Waals surface area contributed by atoms with Gasteiger partial charge in [0.05, 0.1) is 5.56 Å². The molecule has 66 valence electrons. The Kier molecular flexibility index (Phi) is 2.24. The number of aromatic carboxylic acids is 1. The van der Waals surface area contributed by atoms with E-state index in [1.807, 2.05) is 0 Å². The van der Waals surface area contributed by atoms with E-state index < -0.39 is 28.7 Å². The highest BCUT2D eigenvalue weighted by Gasteiger charge is 2.17. The van der Waals surface area contributed by atoms with Crippen molar-refractivity contribution in [2.24, 2.45) is 0 Å². The Balaban J connectivity index is 3.50. The van der Waals surface area contributed by atoms with Crippen molar-refractivity contribution in [1.82, 2.24) is 0 Å². The van der Waals surface area contributed by atoms with Gasteiger partial charge < -0.3 is 5.11 Å². The number of hydrogen-bond acceptors (Lipinski definition) is 2. The summed E-state index contributed by atoms with van der Waals surface area (Å²) in [7, 11) is 0. The van der Waals surface area contributed by atoms with Crippen LogP contribution in [0.2, 0.25) is 0 Å². The summed E-state index contributed by atoms with van der Waals surface area (Å²) < 4.78 is 25.3. The molecule has 1 aromatic carbocycles. The molecular formula is C8H3F2NO2. The zero-order chi connectivity index (χ0) is 10.0. The molecule has 1 N–H and O–H groups in total. The molecule has 0 saturated heterocycles. The normalized spacial score (nSPS) is 9.31. The summed E-state index contributed by atoms with van der Waals surface area (Å²) in [4.78, 5) is 10.4. The maximum Gasteiger partial charge on any atom is 0.337 e. The molecule has 1 rings (SSSR count). The van der Waals surface area contributed by atoms with Gasteiger partial charge in [-0.15, -0.1) is 0 Å². The van der Waals surface area contributed by atoms with Crippen LogP contribution in [-0.2, 0) is 0 Å². The highest BCUT2D eigenvalue weighted by Crippen LogP contribution is 2.15. The van der Waals surface area contributed by atoms with Crippen LogP contribution in [0.15, 0.2) is 12.1 Å². The van der Waals surface area contributed by atoms with E-state index in [2.05, 4.69) is 0 Å². The summed E-state index contributed by atoms with van der Waals surface area (Å²) in [6.45, 7) is 0. The van der Waals surface area contributed by atoms with E-state index in [0.29, 0.717) is 6.07 Å². The van der Waals surface area contributed by atoms with Crippen molar-refractivity contribution in [2.45, 2.75) is 0 Å². The predicted molar refractivity (Wildman–Crippen MR) is 38.0 cm³/mol. The van der Waals surface area contributed by atoms with Crippen LogP contribution in [0.4, 0.5) is 8.78 Å². The molecule has 0 saturated carbocycles. The number of carboxylic acid groups (broad SMARTS) is 1. The molecule has 0 aliphatic carbocycles. The van der Waals surface area contributed by atoms with Gasteiger partial charge in [-0.1, -0.05) is 0 Å². The fraction of sp³-hybridized carbons (Fsp3) is 0. The Bertz CT molecular complexity index is 409. The molecule has 0 spiro atoms. The van der Waals surface area contributed by atoms with Crippen molar-refractivity contribution in [3.8, 4) is 6.07 Å².